The molecule has 1 saturated carbocycles. The Kier molecular flexibility index (Phi) is 11.2. The van der Waals surface area contributed by atoms with Crippen molar-refractivity contribution in [3.05, 3.63) is 77.8 Å². The van der Waals surface area contributed by atoms with Crippen molar-refractivity contribution in [1.82, 2.24) is 24.7 Å². The predicted molar refractivity (Wildman–Crippen MR) is 161 cm³/mol. The van der Waals surface area contributed by atoms with Gasteiger partial charge in [0.1, 0.15) is 0 Å². The number of hydrogen-bond acceptors (Lipinski definition) is 7. The van der Waals surface area contributed by atoms with Gasteiger partial charge in [0.25, 0.3) is 5.91 Å². The van der Waals surface area contributed by atoms with E-state index in [2.05, 4.69) is 71.6 Å². The molecule has 0 atom stereocenters. The van der Waals surface area contributed by atoms with E-state index in [1.807, 2.05) is 53.7 Å². The minimum atomic E-state index is -0.750. The van der Waals surface area contributed by atoms with Crippen LogP contribution >= 0.6 is 0 Å². The van der Waals surface area contributed by atoms with Gasteiger partial charge in [-0.1, -0.05) is 31.4 Å². The number of amides is 1. The van der Waals surface area contributed by atoms with E-state index in [-0.39, 0.29) is 5.91 Å². The van der Waals surface area contributed by atoms with Crippen LogP contribution in [0.3, 0.4) is 0 Å². The van der Waals surface area contributed by atoms with Crippen molar-refractivity contribution in [3.63, 3.8) is 0 Å². The van der Waals surface area contributed by atoms with Crippen LogP contribution in [0, 0.1) is 20.5 Å². The minimum absolute atomic E-state index is 0.0859. The van der Waals surface area contributed by atoms with Crippen LogP contribution in [0.15, 0.2) is 48.5 Å². The molecule has 222 valence electrons. The molecule has 2 aromatic carbocycles. The summed E-state index contributed by atoms with van der Waals surface area (Å²) in [5.74, 6) is 0.893. The van der Waals surface area contributed by atoms with Gasteiger partial charge in [-0.05, 0) is 76.4 Å². The quantitative estimate of drug-likeness (QED) is 0.191. The van der Waals surface area contributed by atoms with Crippen LogP contribution < -0.4 is 10.6 Å². The summed E-state index contributed by atoms with van der Waals surface area (Å²) in [6.45, 7) is 12.8. The summed E-state index contributed by atoms with van der Waals surface area (Å²) in [7, 11) is 1.94. The molecule has 0 radical (unpaired) electrons. The van der Waals surface area contributed by atoms with Gasteiger partial charge in [-0.25, -0.2) is 4.52 Å². The van der Waals surface area contributed by atoms with Gasteiger partial charge >= 0.3 is 22.9 Å². The van der Waals surface area contributed by atoms with Crippen molar-refractivity contribution in [2.75, 3.05) is 17.7 Å². The molecule has 1 aliphatic rings. The van der Waals surface area contributed by atoms with Gasteiger partial charge < -0.3 is 15.5 Å². The van der Waals surface area contributed by atoms with E-state index in [9.17, 15) is 4.79 Å². The number of nitrogens with zero attached hydrogens (tertiary/aromatic N) is 4. The number of nitrogens with one attached hydrogen (secondary N) is 3. The number of rotatable bonds is 7. The Balaban J connectivity index is 0.000000910. The van der Waals surface area contributed by atoms with Crippen molar-refractivity contribution in [2.45, 2.75) is 71.4 Å². The van der Waals surface area contributed by atoms with Crippen LogP contribution in [0.25, 0.3) is 5.65 Å². The molecule has 0 aliphatic heterocycles. The van der Waals surface area contributed by atoms with Crippen molar-refractivity contribution in [1.29, 1.82) is 0 Å². The van der Waals surface area contributed by atoms with Gasteiger partial charge in [-0.3, -0.25) is 9.89 Å². The second-order valence-corrected chi connectivity index (χ2v) is 11.1. The number of anilines is 3. The number of carbonyl (C=O) groups is 1. The topological polar surface area (TPSA) is 144 Å². The van der Waals surface area contributed by atoms with E-state index in [0.29, 0.717) is 11.6 Å². The molecule has 4 aromatic rings. The van der Waals surface area contributed by atoms with Gasteiger partial charge in [0.15, 0.2) is 11.5 Å². The third kappa shape index (κ3) is 7.73. The third-order valence-corrected chi connectivity index (χ3v) is 7.41. The Labute approximate surface area is 249 Å². The standard InChI is InChI=1S/C29H37N7O.CO.O2S/c1-19-14-15-23(18-25(19)31-29(3,4)28-33-32-26-16-20(2)34-36(26)28)30-22-11-9-10-21(17-22)27(37)35(5)24-12-7-6-8-13-24;1-2;1-3-2/h9-11,14-18,24,30-31,34H,6-8,12-13H2,1-5H3;;. The predicted octanol–water partition coefficient (Wildman–Crippen LogP) is 5.46. The zero-order valence-corrected chi connectivity index (χ0v) is 25.4. The molecule has 1 amide bonds. The Morgan fingerprint density at radius 2 is 1.71 bits per heavy atom. The van der Waals surface area contributed by atoms with E-state index < -0.39 is 17.1 Å². The zero-order valence-electron chi connectivity index (χ0n) is 24.6. The fraction of sp³-hybridized carbons (Fsp3) is 0.400. The molecule has 12 heteroatoms. The van der Waals surface area contributed by atoms with Crippen LogP contribution in [0.4, 0.5) is 17.1 Å². The summed E-state index contributed by atoms with van der Waals surface area (Å²) in [4.78, 5) is 15.1. The molecule has 2 heterocycles. The number of fused-ring (bicyclic) bond motifs is 1. The number of aromatic amines is 1. The summed E-state index contributed by atoms with van der Waals surface area (Å²) >= 11 is -0.750. The third-order valence-electron chi connectivity index (χ3n) is 7.41. The van der Waals surface area contributed by atoms with E-state index in [1.165, 1.54) is 19.3 Å². The monoisotopic (exact) mass is 591 g/mol. The fourth-order valence-corrected chi connectivity index (χ4v) is 5.27. The molecule has 5 rings (SSSR count). The maximum absolute atomic E-state index is 13.2. The number of carbonyl (C=O) groups excluding carboxylic acids is 1. The average molecular weight is 592 g/mol. The first-order valence-electron chi connectivity index (χ1n) is 13.7. The number of aromatic nitrogens is 4. The molecule has 0 unspecified atom stereocenters. The Bertz CT molecular complexity index is 1560. The molecule has 2 aromatic heterocycles. The number of H-pyrrole nitrogens is 1. The molecule has 42 heavy (non-hydrogen) atoms. The van der Waals surface area contributed by atoms with Crippen molar-refractivity contribution in [3.8, 4) is 0 Å². The Morgan fingerprint density at radius 3 is 2.40 bits per heavy atom. The molecule has 0 saturated heterocycles. The van der Waals surface area contributed by atoms with E-state index in [4.69, 9.17) is 13.1 Å². The molecule has 11 nitrogen and oxygen atoms in total. The molecule has 0 bridgehead atoms. The second kappa shape index (κ2) is 14.6. The van der Waals surface area contributed by atoms with Crippen LogP contribution in [0.2, 0.25) is 0 Å². The van der Waals surface area contributed by atoms with Gasteiger partial charge in [0.2, 0.25) is 0 Å². The average Bonchev–Trinajstić information content (AvgIpc) is 3.55. The fourth-order valence-electron chi connectivity index (χ4n) is 5.27. The van der Waals surface area contributed by atoms with Crippen LogP contribution in [-0.2, 0) is 21.8 Å². The SMILES string of the molecule is Cc1cc2nnc(C(C)(C)Nc3cc(Nc4cccc(C(=O)N(C)C5CCCCC5)c4)ccc3C)n2[nH]1.O=S=O.[C-]#[O+]. The normalized spacial score (nSPS) is 13.2. The second-order valence-electron chi connectivity index (χ2n) is 10.9. The summed E-state index contributed by atoms with van der Waals surface area (Å²) in [6, 6.07) is 16.3. The maximum atomic E-state index is 13.2. The van der Waals surface area contributed by atoms with Gasteiger partial charge in [0, 0.05) is 47.5 Å². The van der Waals surface area contributed by atoms with Gasteiger partial charge in [-0.15, -0.1) is 10.2 Å². The summed E-state index contributed by atoms with van der Waals surface area (Å²) in [5.41, 5.74) is 6.03. The van der Waals surface area contributed by atoms with Crippen LogP contribution in [0.1, 0.15) is 73.4 Å². The molecular formula is C30H37N7O4S. The Hall–Kier alpha value is -4.25. The van der Waals surface area contributed by atoms with E-state index in [1.54, 1.807) is 0 Å². The van der Waals surface area contributed by atoms with E-state index >= 15 is 0 Å². The molecule has 3 N–H and O–H groups in total. The van der Waals surface area contributed by atoms with Crippen molar-refractivity contribution < 1.29 is 17.9 Å². The number of benzene rings is 2. The summed E-state index contributed by atoms with van der Waals surface area (Å²) in [5, 5.41) is 19.2. The van der Waals surface area contributed by atoms with Crippen molar-refractivity contribution in [2.24, 2.45) is 0 Å². The zero-order chi connectivity index (χ0) is 30.9. The van der Waals surface area contributed by atoms with Crippen molar-refractivity contribution >= 4 is 40.2 Å². The van der Waals surface area contributed by atoms with Gasteiger partial charge in [-0.2, -0.15) is 8.42 Å². The Morgan fingerprint density at radius 1 is 1.05 bits per heavy atom. The first-order chi connectivity index (χ1) is 20.1. The number of aryl methyl sites for hydroxylation is 2. The first-order valence-corrected chi connectivity index (χ1v) is 14.4. The van der Waals surface area contributed by atoms with Crippen LogP contribution in [-0.4, -0.2) is 52.1 Å². The molecule has 0 spiro atoms. The van der Waals surface area contributed by atoms with Gasteiger partial charge in [0.05, 0.1) is 5.54 Å². The number of hydrogen-bond donors (Lipinski definition) is 3. The van der Waals surface area contributed by atoms with Crippen LogP contribution in [0.5, 0.6) is 0 Å². The van der Waals surface area contributed by atoms with E-state index in [0.717, 1.165) is 52.6 Å². The molecule has 1 aliphatic carbocycles. The summed E-state index contributed by atoms with van der Waals surface area (Å²) in [6.07, 6.45) is 5.88. The summed E-state index contributed by atoms with van der Waals surface area (Å²) < 4.78 is 26.0. The first kappa shape index (κ1) is 32.3. The molecule has 1 fully saturated rings. The molecular weight excluding hydrogens is 554 g/mol.